The van der Waals surface area contributed by atoms with Crippen molar-refractivity contribution in [2.24, 2.45) is 11.8 Å². The van der Waals surface area contributed by atoms with Crippen molar-refractivity contribution in [3.63, 3.8) is 0 Å². The average molecular weight is 323 g/mol. The summed E-state index contributed by atoms with van der Waals surface area (Å²) in [5.74, 6) is 3.24. The van der Waals surface area contributed by atoms with Gasteiger partial charge in [-0.1, -0.05) is 29.3 Å². The molecule has 6 heteroatoms. The highest BCUT2D eigenvalue weighted by atomic mass is 35.5. The fraction of sp³-hybridized carbons (Fsp3) is 0.571. The van der Waals surface area contributed by atoms with Crippen molar-refractivity contribution in [1.82, 2.24) is 5.43 Å². The highest BCUT2D eigenvalue weighted by Gasteiger charge is 2.37. The first-order chi connectivity index (χ1) is 9.41. The number of hydrogen-bond donors (Lipinski definition) is 2. The van der Waals surface area contributed by atoms with Crippen molar-refractivity contribution >= 4 is 23.2 Å². The molecule has 1 fully saturated rings. The Balaban J connectivity index is 2.00. The first kappa shape index (κ1) is 16.0. The molecule has 1 aromatic rings. The summed E-state index contributed by atoms with van der Waals surface area (Å²) in [6.07, 6.45) is 1.52. The average Bonchev–Trinajstić information content (AvgIpc) is 2.40. The van der Waals surface area contributed by atoms with E-state index < -0.39 is 5.92 Å². The van der Waals surface area contributed by atoms with Gasteiger partial charge in [-0.3, -0.25) is 11.3 Å². The maximum absolute atomic E-state index is 13.2. The summed E-state index contributed by atoms with van der Waals surface area (Å²) in [4.78, 5) is 0. The summed E-state index contributed by atoms with van der Waals surface area (Å²) in [6.45, 7) is 0. The Hall–Kier alpha value is -0.420. The van der Waals surface area contributed by atoms with Gasteiger partial charge in [-0.25, -0.2) is 8.78 Å². The molecule has 2 rings (SSSR count). The van der Waals surface area contributed by atoms with Gasteiger partial charge in [0.15, 0.2) is 0 Å². The predicted molar refractivity (Wildman–Crippen MR) is 78.2 cm³/mol. The predicted octanol–water partition coefficient (Wildman–Crippen LogP) is 4.19. The highest BCUT2D eigenvalue weighted by molar-refractivity contribution is 6.42. The molecular formula is C14H18Cl2F2N2. The van der Waals surface area contributed by atoms with Gasteiger partial charge in [-0.2, -0.15) is 0 Å². The second-order valence-electron chi connectivity index (χ2n) is 5.42. The number of hydrogen-bond acceptors (Lipinski definition) is 2. The molecule has 1 aliphatic rings. The Kier molecular flexibility index (Phi) is 5.24. The molecule has 0 bridgehead atoms. The second-order valence-corrected chi connectivity index (χ2v) is 6.23. The van der Waals surface area contributed by atoms with Crippen LogP contribution in [-0.2, 0) is 6.42 Å². The van der Waals surface area contributed by atoms with E-state index >= 15 is 0 Å². The number of benzene rings is 1. The SMILES string of the molecule is NNC(Cc1ccc(Cl)c(Cl)c1)C1CCC(F)(F)CC1. The largest absolute Gasteiger partial charge is 0.271 e. The third kappa shape index (κ3) is 4.04. The van der Waals surface area contributed by atoms with Gasteiger partial charge in [0.2, 0.25) is 5.92 Å². The summed E-state index contributed by atoms with van der Waals surface area (Å²) in [5, 5.41) is 1.00. The Morgan fingerprint density at radius 2 is 1.90 bits per heavy atom. The molecule has 1 aromatic carbocycles. The highest BCUT2D eigenvalue weighted by Crippen LogP contribution is 2.38. The van der Waals surface area contributed by atoms with E-state index in [-0.39, 0.29) is 24.8 Å². The smallest absolute Gasteiger partial charge is 0.248 e. The van der Waals surface area contributed by atoms with Gasteiger partial charge in [0.25, 0.3) is 0 Å². The normalized spacial score (nSPS) is 20.9. The van der Waals surface area contributed by atoms with Crippen molar-refractivity contribution in [3.8, 4) is 0 Å². The molecule has 0 amide bonds. The number of halogens is 4. The second kappa shape index (κ2) is 6.56. The van der Waals surface area contributed by atoms with E-state index in [1.807, 2.05) is 6.07 Å². The van der Waals surface area contributed by atoms with E-state index in [1.54, 1.807) is 12.1 Å². The maximum atomic E-state index is 13.2. The van der Waals surface area contributed by atoms with Crippen LogP contribution in [0.2, 0.25) is 10.0 Å². The van der Waals surface area contributed by atoms with Gasteiger partial charge in [-0.05, 0) is 42.9 Å². The Morgan fingerprint density at radius 3 is 2.45 bits per heavy atom. The zero-order chi connectivity index (χ0) is 14.8. The quantitative estimate of drug-likeness (QED) is 0.644. The number of alkyl halides is 2. The minimum absolute atomic E-state index is 0.0247. The number of hydrazine groups is 1. The molecule has 20 heavy (non-hydrogen) atoms. The van der Waals surface area contributed by atoms with Crippen LogP contribution in [0.4, 0.5) is 8.78 Å². The monoisotopic (exact) mass is 322 g/mol. The molecule has 1 unspecified atom stereocenters. The first-order valence-corrected chi connectivity index (χ1v) is 7.45. The minimum Gasteiger partial charge on any atom is -0.271 e. The third-order valence-electron chi connectivity index (χ3n) is 3.98. The molecule has 0 radical (unpaired) electrons. The molecule has 0 aliphatic heterocycles. The van der Waals surface area contributed by atoms with Gasteiger partial charge in [0.1, 0.15) is 0 Å². The molecule has 1 atom stereocenters. The van der Waals surface area contributed by atoms with E-state index in [9.17, 15) is 8.78 Å². The van der Waals surface area contributed by atoms with Gasteiger partial charge >= 0.3 is 0 Å². The fourth-order valence-corrected chi connectivity index (χ4v) is 3.07. The molecule has 112 valence electrons. The summed E-state index contributed by atoms with van der Waals surface area (Å²) in [6, 6.07) is 5.40. The zero-order valence-electron chi connectivity index (χ0n) is 11.0. The van der Waals surface area contributed by atoms with Crippen LogP contribution >= 0.6 is 23.2 Å². The van der Waals surface area contributed by atoms with Crippen LogP contribution in [-0.4, -0.2) is 12.0 Å². The number of nitrogens with two attached hydrogens (primary N) is 1. The molecule has 0 saturated heterocycles. The molecule has 1 aliphatic carbocycles. The molecule has 1 saturated carbocycles. The van der Waals surface area contributed by atoms with Crippen LogP contribution in [0.25, 0.3) is 0 Å². The lowest BCUT2D eigenvalue weighted by molar-refractivity contribution is -0.0495. The molecule has 2 nitrogen and oxygen atoms in total. The summed E-state index contributed by atoms with van der Waals surface area (Å²) >= 11 is 11.9. The fourth-order valence-electron chi connectivity index (χ4n) is 2.75. The first-order valence-electron chi connectivity index (χ1n) is 6.69. The van der Waals surface area contributed by atoms with Crippen LogP contribution in [0, 0.1) is 5.92 Å². The molecule has 0 heterocycles. The number of nitrogens with one attached hydrogen (secondary N) is 1. The summed E-state index contributed by atoms with van der Waals surface area (Å²) < 4.78 is 26.4. The Morgan fingerprint density at radius 1 is 1.25 bits per heavy atom. The van der Waals surface area contributed by atoms with Crippen LogP contribution in [0.15, 0.2) is 18.2 Å². The minimum atomic E-state index is -2.51. The lowest BCUT2D eigenvalue weighted by atomic mass is 9.80. The van der Waals surface area contributed by atoms with Crippen LogP contribution in [0.5, 0.6) is 0 Å². The maximum Gasteiger partial charge on any atom is 0.248 e. The molecule has 0 spiro atoms. The van der Waals surface area contributed by atoms with Crippen molar-refractivity contribution in [3.05, 3.63) is 33.8 Å². The van der Waals surface area contributed by atoms with Crippen molar-refractivity contribution in [2.45, 2.75) is 44.1 Å². The zero-order valence-corrected chi connectivity index (χ0v) is 12.5. The van der Waals surface area contributed by atoms with Gasteiger partial charge in [-0.15, -0.1) is 0 Å². The molecule has 3 N–H and O–H groups in total. The van der Waals surface area contributed by atoms with Crippen LogP contribution < -0.4 is 11.3 Å². The third-order valence-corrected chi connectivity index (χ3v) is 4.72. The summed E-state index contributed by atoms with van der Waals surface area (Å²) in [7, 11) is 0. The van der Waals surface area contributed by atoms with Crippen LogP contribution in [0.1, 0.15) is 31.2 Å². The van der Waals surface area contributed by atoms with Gasteiger partial charge in [0, 0.05) is 18.9 Å². The van der Waals surface area contributed by atoms with E-state index in [4.69, 9.17) is 29.0 Å². The van der Waals surface area contributed by atoms with E-state index in [0.29, 0.717) is 29.3 Å². The van der Waals surface area contributed by atoms with Crippen molar-refractivity contribution < 1.29 is 8.78 Å². The Labute approximate surface area is 127 Å². The lowest BCUT2D eigenvalue weighted by Gasteiger charge is -2.33. The van der Waals surface area contributed by atoms with Crippen molar-refractivity contribution in [2.75, 3.05) is 0 Å². The summed E-state index contributed by atoms with van der Waals surface area (Å²) in [5.41, 5.74) is 3.76. The number of rotatable bonds is 4. The Bertz CT molecular complexity index is 458. The van der Waals surface area contributed by atoms with E-state index in [1.165, 1.54) is 0 Å². The van der Waals surface area contributed by atoms with Gasteiger partial charge < -0.3 is 0 Å². The molecular weight excluding hydrogens is 305 g/mol. The van der Waals surface area contributed by atoms with Gasteiger partial charge in [0.05, 0.1) is 10.0 Å². The topological polar surface area (TPSA) is 38.0 Å². The van der Waals surface area contributed by atoms with E-state index in [0.717, 1.165) is 5.56 Å². The lowest BCUT2D eigenvalue weighted by Crippen LogP contribution is -2.44. The standard InChI is InChI=1S/C14H18Cl2F2N2/c15-11-2-1-9(7-12(11)16)8-13(20-19)10-3-5-14(17,18)6-4-10/h1-2,7,10,13,20H,3-6,8,19H2. The molecule has 0 aromatic heterocycles. The van der Waals surface area contributed by atoms with E-state index in [2.05, 4.69) is 5.43 Å². The van der Waals surface area contributed by atoms with Crippen LogP contribution in [0.3, 0.4) is 0 Å². The van der Waals surface area contributed by atoms with Crippen molar-refractivity contribution in [1.29, 1.82) is 0 Å².